The van der Waals surface area contributed by atoms with Crippen molar-refractivity contribution in [3.8, 4) is 18.1 Å². The number of thioether (sulfide) groups is 1. The molecule has 2 rings (SSSR count). The summed E-state index contributed by atoms with van der Waals surface area (Å²) in [7, 11) is 0. The van der Waals surface area contributed by atoms with Crippen molar-refractivity contribution in [2.24, 2.45) is 4.99 Å². The highest BCUT2D eigenvalue weighted by molar-refractivity contribution is 8.18. The number of benzene rings is 1. The first kappa shape index (κ1) is 14.9. The molecule has 1 aromatic rings. The molecule has 0 saturated heterocycles. The van der Waals surface area contributed by atoms with Crippen LogP contribution in [0.4, 0.5) is 0 Å². The molecule has 106 valence electrons. The van der Waals surface area contributed by atoms with Crippen LogP contribution in [0.5, 0.6) is 5.75 Å². The largest absolute Gasteiger partial charge is 0.481 e. The van der Waals surface area contributed by atoms with Crippen molar-refractivity contribution in [1.82, 2.24) is 5.32 Å². The van der Waals surface area contributed by atoms with E-state index in [1.54, 1.807) is 24.3 Å². The molecule has 5 nitrogen and oxygen atoms in total. The van der Waals surface area contributed by atoms with Crippen molar-refractivity contribution in [3.63, 3.8) is 0 Å². The summed E-state index contributed by atoms with van der Waals surface area (Å²) < 4.78 is 5.32. The summed E-state index contributed by atoms with van der Waals surface area (Å²) in [6.07, 6.45) is 6.82. The highest BCUT2D eigenvalue weighted by Gasteiger charge is 2.22. The van der Waals surface area contributed by atoms with Gasteiger partial charge in [-0.05, 0) is 35.5 Å². The quantitative estimate of drug-likeness (QED) is 0.683. The molecule has 21 heavy (non-hydrogen) atoms. The molecule has 0 bridgehead atoms. The van der Waals surface area contributed by atoms with E-state index in [4.69, 9.17) is 11.2 Å². The number of ether oxygens (including phenoxy) is 1. The predicted molar refractivity (Wildman–Crippen MR) is 82.6 cm³/mol. The van der Waals surface area contributed by atoms with Crippen molar-refractivity contribution < 1.29 is 14.3 Å². The maximum absolute atomic E-state index is 11.7. The Balaban J connectivity index is 2.12. The molecule has 0 aromatic heterocycles. The highest BCUT2D eigenvalue weighted by atomic mass is 32.2. The van der Waals surface area contributed by atoms with Crippen LogP contribution in [0.15, 0.2) is 34.2 Å². The van der Waals surface area contributed by atoms with Gasteiger partial charge in [-0.15, -0.1) is 6.42 Å². The van der Waals surface area contributed by atoms with Gasteiger partial charge < -0.3 is 10.1 Å². The molecule has 0 aliphatic carbocycles. The molecule has 1 heterocycles. The Morgan fingerprint density at radius 2 is 2.38 bits per heavy atom. The second-order valence-electron chi connectivity index (χ2n) is 4.08. The summed E-state index contributed by atoms with van der Waals surface area (Å²) in [5, 5.41) is 2.78. The Morgan fingerprint density at radius 1 is 1.57 bits per heavy atom. The van der Waals surface area contributed by atoms with Crippen LogP contribution in [0, 0.1) is 12.3 Å². The zero-order valence-corrected chi connectivity index (χ0v) is 12.1. The van der Waals surface area contributed by atoms with Crippen molar-refractivity contribution in [2.75, 3.05) is 6.61 Å². The number of nitrogens with zero attached hydrogens (tertiary/aromatic N) is 1. The third-order valence-electron chi connectivity index (χ3n) is 2.38. The Labute approximate surface area is 126 Å². The molecule has 1 aliphatic rings. The summed E-state index contributed by atoms with van der Waals surface area (Å²) >= 11 is 1.12. The second-order valence-corrected chi connectivity index (χ2v) is 5.11. The van der Waals surface area contributed by atoms with Crippen LogP contribution < -0.4 is 10.1 Å². The number of carbonyl (C=O) groups excluding carboxylic acids is 2. The second kappa shape index (κ2) is 6.77. The molecule has 6 heteroatoms. The normalized spacial score (nSPS) is 15.5. The lowest BCUT2D eigenvalue weighted by molar-refractivity contribution is -0.117. The number of aliphatic imine (C=N–C) groups is 1. The predicted octanol–water partition coefficient (Wildman–Crippen LogP) is 1.81. The van der Waals surface area contributed by atoms with Crippen LogP contribution in [0.2, 0.25) is 0 Å². The first-order valence-electron chi connectivity index (χ1n) is 6.05. The number of hydrogen-bond donors (Lipinski definition) is 1. The smallest absolute Gasteiger partial charge is 0.286 e. The maximum atomic E-state index is 11.7. The van der Waals surface area contributed by atoms with E-state index >= 15 is 0 Å². The van der Waals surface area contributed by atoms with Gasteiger partial charge in [0.2, 0.25) is 5.91 Å². The van der Waals surface area contributed by atoms with E-state index in [1.807, 2.05) is 6.07 Å². The molecule has 0 fully saturated rings. The van der Waals surface area contributed by atoms with Crippen LogP contribution in [0.1, 0.15) is 12.5 Å². The molecule has 0 spiro atoms. The van der Waals surface area contributed by atoms with Crippen LogP contribution in [-0.4, -0.2) is 23.6 Å². The van der Waals surface area contributed by atoms with Gasteiger partial charge in [0, 0.05) is 6.92 Å². The minimum atomic E-state index is -0.376. The van der Waals surface area contributed by atoms with Crippen molar-refractivity contribution in [3.05, 3.63) is 34.7 Å². The Bertz CT molecular complexity index is 686. The Kier molecular flexibility index (Phi) is 4.80. The Hall–Kier alpha value is -2.52. The van der Waals surface area contributed by atoms with Crippen molar-refractivity contribution in [1.29, 1.82) is 0 Å². The van der Waals surface area contributed by atoms with E-state index in [0.29, 0.717) is 15.8 Å². The van der Waals surface area contributed by atoms with Crippen LogP contribution >= 0.6 is 11.8 Å². The van der Waals surface area contributed by atoms with Crippen molar-refractivity contribution >= 4 is 34.8 Å². The highest BCUT2D eigenvalue weighted by Crippen LogP contribution is 2.28. The van der Waals surface area contributed by atoms with Gasteiger partial charge in [-0.2, -0.15) is 4.99 Å². The minimum absolute atomic E-state index is 0.184. The number of nitrogens with one attached hydrogen (secondary N) is 1. The van der Waals surface area contributed by atoms with E-state index in [2.05, 4.69) is 16.2 Å². The van der Waals surface area contributed by atoms with Gasteiger partial charge in [0.25, 0.3) is 5.91 Å². The van der Waals surface area contributed by atoms with E-state index in [1.165, 1.54) is 6.92 Å². The summed E-state index contributed by atoms with van der Waals surface area (Å²) in [4.78, 5) is 26.9. The van der Waals surface area contributed by atoms with Crippen LogP contribution in [-0.2, 0) is 9.59 Å². The van der Waals surface area contributed by atoms with Crippen molar-refractivity contribution in [2.45, 2.75) is 6.92 Å². The maximum Gasteiger partial charge on any atom is 0.286 e. The summed E-state index contributed by atoms with van der Waals surface area (Å²) in [5.74, 6) is 2.37. The average molecular weight is 300 g/mol. The van der Waals surface area contributed by atoms with Gasteiger partial charge in [0.05, 0.1) is 4.91 Å². The molecule has 0 atom stereocenters. The number of carbonyl (C=O) groups is 2. The molecule has 0 saturated carbocycles. The number of terminal acetylenes is 1. The Morgan fingerprint density at radius 3 is 3.10 bits per heavy atom. The third-order valence-corrected chi connectivity index (χ3v) is 3.28. The fourth-order valence-electron chi connectivity index (χ4n) is 1.58. The van der Waals surface area contributed by atoms with E-state index in [9.17, 15) is 9.59 Å². The topological polar surface area (TPSA) is 67.8 Å². The number of hydrogen-bond acceptors (Lipinski definition) is 4. The summed E-state index contributed by atoms with van der Waals surface area (Å²) in [6.45, 7) is 1.55. The van der Waals surface area contributed by atoms with Gasteiger partial charge in [-0.3, -0.25) is 9.59 Å². The van der Waals surface area contributed by atoms with E-state index < -0.39 is 0 Å². The van der Waals surface area contributed by atoms with Gasteiger partial charge in [0.1, 0.15) is 12.4 Å². The van der Waals surface area contributed by atoms with Gasteiger partial charge in [-0.25, -0.2) is 0 Å². The molecule has 0 radical (unpaired) electrons. The zero-order valence-electron chi connectivity index (χ0n) is 11.3. The van der Waals surface area contributed by atoms with Gasteiger partial charge >= 0.3 is 0 Å². The average Bonchev–Trinajstić information content (AvgIpc) is 2.76. The van der Waals surface area contributed by atoms with E-state index in [-0.39, 0.29) is 18.4 Å². The summed E-state index contributed by atoms with van der Waals surface area (Å²) in [6, 6.07) is 7.19. The zero-order chi connectivity index (χ0) is 15.2. The number of amidine groups is 1. The molecule has 0 unspecified atom stereocenters. The number of amides is 2. The minimum Gasteiger partial charge on any atom is -0.481 e. The van der Waals surface area contributed by atoms with E-state index in [0.717, 1.165) is 17.3 Å². The number of rotatable bonds is 3. The van der Waals surface area contributed by atoms with Crippen LogP contribution in [0.3, 0.4) is 0 Å². The molecule has 1 N–H and O–H groups in total. The van der Waals surface area contributed by atoms with Gasteiger partial charge in [0.15, 0.2) is 5.17 Å². The first-order chi connectivity index (χ1) is 10.1. The fraction of sp³-hybridized carbons (Fsp3) is 0.133. The molecule has 1 aromatic carbocycles. The monoisotopic (exact) mass is 300 g/mol. The molecular weight excluding hydrogens is 288 g/mol. The van der Waals surface area contributed by atoms with Crippen LogP contribution in [0.25, 0.3) is 6.08 Å². The molecule has 2 amide bonds. The fourth-order valence-corrected chi connectivity index (χ4v) is 2.44. The first-order valence-corrected chi connectivity index (χ1v) is 6.86. The van der Waals surface area contributed by atoms with Gasteiger partial charge in [-0.1, -0.05) is 18.1 Å². The lowest BCUT2D eigenvalue weighted by atomic mass is 10.2. The lowest BCUT2D eigenvalue weighted by Crippen LogP contribution is -2.23. The SMILES string of the molecule is C#CCOc1cccc(/C=C2\SC(NC(C)=O)=NC2=O)c1. The standard InChI is InChI=1S/C15H12N2O3S/c1-3-7-20-12-6-4-5-11(8-12)9-13-14(19)17-15(21-13)16-10(2)18/h1,4-6,8-9H,7H2,2H3,(H,16,17,18,19)/b13-9-. The molecule has 1 aliphatic heterocycles. The molecular formula is C15H12N2O3S. The lowest BCUT2D eigenvalue weighted by Gasteiger charge is -2.03. The third kappa shape index (κ3) is 4.23. The summed E-state index contributed by atoms with van der Waals surface area (Å²) in [5.41, 5.74) is 0.791.